The van der Waals surface area contributed by atoms with Crippen LogP contribution in [-0.4, -0.2) is 11.1 Å². The molecule has 0 saturated carbocycles. The summed E-state index contributed by atoms with van der Waals surface area (Å²) in [6.45, 7) is 1.61. The molecule has 0 bridgehead atoms. The summed E-state index contributed by atoms with van der Waals surface area (Å²) in [6.07, 6.45) is 1.42. The first kappa shape index (κ1) is 10.8. The van der Waals surface area contributed by atoms with Crippen molar-refractivity contribution in [1.82, 2.24) is 0 Å². The van der Waals surface area contributed by atoms with Crippen molar-refractivity contribution in [1.29, 1.82) is 0 Å². The molecule has 1 aromatic carbocycles. The van der Waals surface area contributed by atoms with Crippen LogP contribution in [-0.2, 0) is 0 Å². The van der Waals surface area contributed by atoms with Gasteiger partial charge >= 0.3 is 5.97 Å². The van der Waals surface area contributed by atoms with Gasteiger partial charge in [0.25, 0.3) is 0 Å². The highest BCUT2D eigenvalue weighted by molar-refractivity contribution is 6.33. The van der Waals surface area contributed by atoms with E-state index in [-0.39, 0.29) is 5.56 Å². The van der Waals surface area contributed by atoms with Crippen molar-refractivity contribution in [3.63, 3.8) is 0 Å². The minimum atomic E-state index is -1.01. The largest absolute Gasteiger partial charge is 0.478 e. The van der Waals surface area contributed by atoms with E-state index in [0.29, 0.717) is 21.9 Å². The van der Waals surface area contributed by atoms with Crippen LogP contribution in [0.25, 0.3) is 11.1 Å². The third kappa shape index (κ3) is 1.70. The number of halogens is 1. The first-order valence-corrected chi connectivity index (χ1v) is 5.05. The fourth-order valence-electron chi connectivity index (χ4n) is 1.60. The number of hydrogen-bond donors (Lipinski definition) is 1. The van der Waals surface area contributed by atoms with Gasteiger partial charge < -0.3 is 9.52 Å². The van der Waals surface area contributed by atoms with Crippen LogP contribution in [0.2, 0.25) is 5.02 Å². The van der Waals surface area contributed by atoms with Gasteiger partial charge in [0.2, 0.25) is 0 Å². The molecule has 2 aromatic rings. The van der Waals surface area contributed by atoms with Gasteiger partial charge in [-0.25, -0.2) is 4.79 Å². The molecule has 0 saturated heterocycles. The van der Waals surface area contributed by atoms with E-state index in [1.54, 1.807) is 31.2 Å². The Labute approximate surface area is 97.3 Å². The number of furan rings is 1. The first-order chi connectivity index (χ1) is 7.61. The second-order valence-electron chi connectivity index (χ2n) is 3.37. The van der Waals surface area contributed by atoms with Gasteiger partial charge in [-0.3, -0.25) is 0 Å². The van der Waals surface area contributed by atoms with Gasteiger partial charge in [0.05, 0.1) is 6.26 Å². The molecule has 16 heavy (non-hydrogen) atoms. The lowest BCUT2D eigenvalue weighted by Gasteiger charge is -2.02. The van der Waals surface area contributed by atoms with Gasteiger partial charge in [-0.1, -0.05) is 29.8 Å². The minimum absolute atomic E-state index is 0.160. The minimum Gasteiger partial charge on any atom is -0.478 e. The Morgan fingerprint density at radius 2 is 2.00 bits per heavy atom. The van der Waals surface area contributed by atoms with E-state index in [1.165, 1.54) is 6.26 Å². The van der Waals surface area contributed by atoms with Crippen molar-refractivity contribution < 1.29 is 14.3 Å². The summed E-state index contributed by atoms with van der Waals surface area (Å²) in [7, 11) is 0. The van der Waals surface area contributed by atoms with E-state index in [1.807, 2.05) is 0 Å². The van der Waals surface area contributed by atoms with Crippen molar-refractivity contribution in [2.45, 2.75) is 6.92 Å². The summed E-state index contributed by atoms with van der Waals surface area (Å²) in [5.41, 5.74) is 1.34. The standard InChI is InChI=1S/C12H9ClO3/c1-7-11(12(14)15)9(6-16-7)8-4-2-3-5-10(8)13/h2-6H,1H3,(H,14,15). The van der Waals surface area contributed by atoms with Gasteiger partial charge in [0, 0.05) is 16.1 Å². The van der Waals surface area contributed by atoms with E-state index in [0.717, 1.165) is 0 Å². The smallest absolute Gasteiger partial charge is 0.339 e. The summed E-state index contributed by atoms with van der Waals surface area (Å²) in [4.78, 5) is 11.1. The van der Waals surface area contributed by atoms with Crippen LogP contribution in [0.3, 0.4) is 0 Å². The number of aryl methyl sites for hydroxylation is 1. The number of hydrogen-bond acceptors (Lipinski definition) is 2. The Morgan fingerprint density at radius 3 is 2.62 bits per heavy atom. The maximum atomic E-state index is 11.1. The predicted molar refractivity (Wildman–Crippen MR) is 60.9 cm³/mol. The fraction of sp³-hybridized carbons (Fsp3) is 0.0833. The van der Waals surface area contributed by atoms with Crippen LogP contribution in [0.1, 0.15) is 16.1 Å². The zero-order chi connectivity index (χ0) is 11.7. The molecule has 1 aromatic heterocycles. The second-order valence-corrected chi connectivity index (χ2v) is 3.77. The maximum absolute atomic E-state index is 11.1. The third-order valence-electron chi connectivity index (χ3n) is 2.35. The zero-order valence-electron chi connectivity index (χ0n) is 8.53. The zero-order valence-corrected chi connectivity index (χ0v) is 9.28. The monoisotopic (exact) mass is 236 g/mol. The van der Waals surface area contributed by atoms with Gasteiger partial charge in [0.15, 0.2) is 0 Å². The van der Waals surface area contributed by atoms with E-state index in [4.69, 9.17) is 21.1 Å². The molecular formula is C12H9ClO3. The average Bonchev–Trinajstić information content (AvgIpc) is 2.61. The summed E-state index contributed by atoms with van der Waals surface area (Å²) < 4.78 is 5.13. The Morgan fingerprint density at radius 1 is 1.31 bits per heavy atom. The number of carboxylic acid groups (broad SMARTS) is 1. The number of carboxylic acids is 1. The second kappa shape index (κ2) is 4.02. The summed E-state index contributed by atoms with van der Waals surface area (Å²) >= 11 is 6.01. The van der Waals surface area contributed by atoms with Crippen molar-refractivity contribution >= 4 is 17.6 Å². The Kier molecular flexibility index (Phi) is 2.71. The molecule has 2 rings (SSSR count). The highest BCUT2D eigenvalue weighted by Crippen LogP contribution is 2.32. The molecule has 1 N–H and O–H groups in total. The van der Waals surface area contributed by atoms with Crippen molar-refractivity contribution in [3.8, 4) is 11.1 Å². The first-order valence-electron chi connectivity index (χ1n) is 4.67. The lowest BCUT2D eigenvalue weighted by Crippen LogP contribution is -1.98. The highest BCUT2D eigenvalue weighted by atomic mass is 35.5. The van der Waals surface area contributed by atoms with Crippen LogP contribution in [0, 0.1) is 6.92 Å². The van der Waals surface area contributed by atoms with Gasteiger partial charge in [-0.2, -0.15) is 0 Å². The van der Waals surface area contributed by atoms with Gasteiger partial charge in [-0.05, 0) is 13.0 Å². The highest BCUT2D eigenvalue weighted by Gasteiger charge is 2.19. The molecule has 3 nitrogen and oxygen atoms in total. The van der Waals surface area contributed by atoms with Crippen LogP contribution in [0.4, 0.5) is 0 Å². The van der Waals surface area contributed by atoms with Crippen molar-refractivity contribution in [3.05, 3.63) is 46.9 Å². The van der Waals surface area contributed by atoms with E-state index in [2.05, 4.69) is 0 Å². The van der Waals surface area contributed by atoms with E-state index >= 15 is 0 Å². The lowest BCUT2D eigenvalue weighted by atomic mass is 10.0. The van der Waals surface area contributed by atoms with Gasteiger partial charge in [0.1, 0.15) is 11.3 Å². The molecule has 1 heterocycles. The van der Waals surface area contributed by atoms with E-state index in [9.17, 15) is 4.79 Å². The number of carbonyl (C=O) groups is 1. The molecule has 0 unspecified atom stereocenters. The lowest BCUT2D eigenvalue weighted by molar-refractivity contribution is 0.0696. The van der Waals surface area contributed by atoms with Crippen molar-refractivity contribution in [2.24, 2.45) is 0 Å². The SMILES string of the molecule is Cc1occ(-c2ccccc2Cl)c1C(=O)O. The Bertz CT molecular complexity index is 543. The molecule has 82 valence electrons. The molecule has 4 heteroatoms. The van der Waals surface area contributed by atoms with Gasteiger partial charge in [-0.15, -0.1) is 0 Å². The molecule has 0 aliphatic heterocycles. The Hall–Kier alpha value is -1.74. The van der Waals surface area contributed by atoms with Crippen LogP contribution in [0.5, 0.6) is 0 Å². The molecule has 0 amide bonds. The molecule has 0 radical (unpaired) electrons. The van der Waals surface area contributed by atoms with Crippen LogP contribution >= 0.6 is 11.6 Å². The molecule has 0 spiro atoms. The molecule has 0 aliphatic carbocycles. The summed E-state index contributed by atoms with van der Waals surface area (Å²) in [5, 5.41) is 9.59. The van der Waals surface area contributed by atoms with Crippen molar-refractivity contribution in [2.75, 3.05) is 0 Å². The normalized spacial score (nSPS) is 10.4. The summed E-state index contributed by atoms with van der Waals surface area (Å²) in [6, 6.07) is 7.07. The number of benzene rings is 1. The maximum Gasteiger partial charge on any atom is 0.339 e. The predicted octanol–water partition coefficient (Wildman–Crippen LogP) is 3.61. The fourth-order valence-corrected chi connectivity index (χ4v) is 1.84. The molecule has 0 fully saturated rings. The Balaban J connectivity index is 2.66. The number of aromatic carboxylic acids is 1. The van der Waals surface area contributed by atoms with Crippen LogP contribution in [0.15, 0.2) is 34.9 Å². The molecule has 0 atom stereocenters. The number of rotatable bonds is 2. The molecular weight excluding hydrogens is 228 g/mol. The van der Waals surface area contributed by atoms with Crippen LogP contribution < -0.4 is 0 Å². The average molecular weight is 237 g/mol. The van der Waals surface area contributed by atoms with E-state index < -0.39 is 5.97 Å². The molecule has 0 aliphatic rings. The summed E-state index contributed by atoms with van der Waals surface area (Å²) in [5.74, 6) is -0.636. The third-order valence-corrected chi connectivity index (χ3v) is 2.68. The quantitative estimate of drug-likeness (QED) is 0.867. The topological polar surface area (TPSA) is 50.4 Å².